The van der Waals surface area contributed by atoms with Crippen molar-refractivity contribution in [2.24, 2.45) is 0 Å². The van der Waals surface area contributed by atoms with Gasteiger partial charge in [0.25, 0.3) is 0 Å². The van der Waals surface area contributed by atoms with E-state index in [0.717, 1.165) is 35.7 Å². The van der Waals surface area contributed by atoms with Crippen molar-refractivity contribution in [3.63, 3.8) is 0 Å². The molecule has 0 unspecified atom stereocenters. The van der Waals surface area contributed by atoms with Gasteiger partial charge < -0.3 is 19.7 Å². The highest BCUT2D eigenvalue weighted by atomic mass is 35.5. The molecule has 1 N–H and O–H groups in total. The van der Waals surface area contributed by atoms with Crippen LogP contribution in [-0.4, -0.2) is 45.2 Å². The average Bonchev–Trinajstić information content (AvgIpc) is 2.64. The number of halogens is 1. The highest BCUT2D eigenvalue weighted by molar-refractivity contribution is 5.90. The lowest BCUT2D eigenvalue weighted by Crippen LogP contribution is -2.26. The van der Waals surface area contributed by atoms with Crippen molar-refractivity contribution >= 4 is 24.0 Å². The summed E-state index contributed by atoms with van der Waals surface area (Å²) in [5.41, 5.74) is 3.16. The molecule has 2 rings (SSSR count). The lowest BCUT2D eigenvalue weighted by Gasteiger charge is -2.17. The topological polar surface area (TPSA) is 50.8 Å². The molecule has 0 bridgehead atoms. The quantitative estimate of drug-likeness (QED) is 0.702. The van der Waals surface area contributed by atoms with E-state index in [1.54, 1.807) is 14.2 Å². The third kappa shape index (κ3) is 7.49. The van der Waals surface area contributed by atoms with Gasteiger partial charge in [-0.25, -0.2) is 0 Å². The van der Waals surface area contributed by atoms with Gasteiger partial charge in [0.2, 0.25) is 5.91 Å². The number of hydrogen-bond acceptors (Lipinski definition) is 4. The molecule has 1 amide bonds. The van der Waals surface area contributed by atoms with Crippen LogP contribution in [0.5, 0.6) is 11.5 Å². The smallest absolute Gasteiger partial charge is 0.225 e. The summed E-state index contributed by atoms with van der Waals surface area (Å²) < 4.78 is 10.6. The molecule has 0 radical (unpaired) electrons. The monoisotopic (exact) mass is 392 g/mol. The van der Waals surface area contributed by atoms with Crippen molar-refractivity contribution in [3.8, 4) is 11.5 Å². The van der Waals surface area contributed by atoms with Gasteiger partial charge in [0.1, 0.15) is 0 Å². The summed E-state index contributed by atoms with van der Waals surface area (Å²) in [5, 5.41) is 2.94. The van der Waals surface area contributed by atoms with Crippen LogP contribution in [0.3, 0.4) is 0 Å². The van der Waals surface area contributed by atoms with Crippen LogP contribution >= 0.6 is 12.4 Å². The Morgan fingerprint density at radius 2 is 1.78 bits per heavy atom. The summed E-state index contributed by atoms with van der Waals surface area (Å²) in [6.45, 7) is 3.59. The molecule has 0 saturated heterocycles. The van der Waals surface area contributed by atoms with E-state index in [1.165, 1.54) is 5.56 Å². The van der Waals surface area contributed by atoms with E-state index in [9.17, 15) is 4.79 Å². The number of aryl methyl sites for hydroxylation is 1. The molecule has 2 aromatic rings. The SMILES string of the molecule is COc1ccc(CCN(C)CCC(=O)Nc2cccc(C)c2)cc1OC.Cl. The first-order valence-electron chi connectivity index (χ1n) is 8.78. The number of ether oxygens (including phenoxy) is 2. The largest absolute Gasteiger partial charge is 0.493 e. The lowest BCUT2D eigenvalue weighted by molar-refractivity contribution is -0.116. The minimum atomic E-state index is 0. The Morgan fingerprint density at radius 1 is 1.04 bits per heavy atom. The predicted octanol–water partition coefficient (Wildman–Crippen LogP) is 3.94. The van der Waals surface area contributed by atoms with Crippen LogP contribution in [0.1, 0.15) is 17.5 Å². The van der Waals surface area contributed by atoms with Gasteiger partial charge in [-0.05, 0) is 55.8 Å². The van der Waals surface area contributed by atoms with Crippen LogP contribution in [0.2, 0.25) is 0 Å². The number of carbonyl (C=O) groups excluding carboxylic acids is 1. The van der Waals surface area contributed by atoms with Crippen LogP contribution in [0, 0.1) is 6.92 Å². The summed E-state index contributed by atoms with van der Waals surface area (Å²) in [6.07, 6.45) is 1.35. The highest BCUT2D eigenvalue weighted by Crippen LogP contribution is 2.27. The Morgan fingerprint density at radius 3 is 2.44 bits per heavy atom. The van der Waals surface area contributed by atoms with Gasteiger partial charge >= 0.3 is 0 Å². The number of methoxy groups -OCH3 is 2. The zero-order chi connectivity index (χ0) is 18.9. The fourth-order valence-corrected chi connectivity index (χ4v) is 2.71. The standard InChI is InChI=1S/C21H28N2O3.ClH/c1-16-6-5-7-18(14-16)22-21(24)11-13-23(2)12-10-17-8-9-19(25-3)20(15-17)26-4;/h5-9,14-15H,10-13H2,1-4H3,(H,22,24);1H. The molecule has 0 saturated carbocycles. The summed E-state index contributed by atoms with van der Waals surface area (Å²) >= 11 is 0. The highest BCUT2D eigenvalue weighted by Gasteiger charge is 2.08. The molecule has 5 nitrogen and oxygen atoms in total. The maximum Gasteiger partial charge on any atom is 0.225 e. The van der Waals surface area contributed by atoms with Gasteiger partial charge in [-0.15, -0.1) is 12.4 Å². The zero-order valence-corrected chi connectivity index (χ0v) is 17.3. The van der Waals surface area contributed by atoms with Gasteiger partial charge in [-0.1, -0.05) is 18.2 Å². The Kier molecular flexibility index (Phi) is 9.68. The number of hydrogen-bond donors (Lipinski definition) is 1. The van der Waals surface area contributed by atoms with Crippen molar-refractivity contribution in [2.75, 3.05) is 39.7 Å². The molecule has 0 aliphatic carbocycles. The minimum absolute atomic E-state index is 0. The maximum atomic E-state index is 12.1. The number of rotatable bonds is 9. The lowest BCUT2D eigenvalue weighted by atomic mass is 10.1. The van der Waals surface area contributed by atoms with E-state index in [4.69, 9.17) is 9.47 Å². The molecule has 0 aliphatic heterocycles. The molecule has 0 heterocycles. The number of carbonyl (C=O) groups is 1. The predicted molar refractivity (Wildman–Crippen MR) is 112 cm³/mol. The van der Waals surface area contributed by atoms with Gasteiger partial charge in [-0.3, -0.25) is 4.79 Å². The summed E-state index contributed by atoms with van der Waals surface area (Å²) in [5.74, 6) is 1.51. The first-order chi connectivity index (χ1) is 12.5. The average molecular weight is 393 g/mol. The summed E-state index contributed by atoms with van der Waals surface area (Å²) in [4.78, 5) is 14.2. The molecule has 27 heavy (non-hydrogen) atoms. The molecule has 0 atom stereocenters. The fraction of sp³-hybridized carbons (Fsp3) is 0.381. The molecule has 0 aliphatic rings. The number of anilines is 1. The van der Waals surface area contributed by atoms with Crippen LogP contribution < -0.4 is 14.8 Å². The van der Waals surface area contributed by atoms with E-state index < -0.39 is 0 Å². The van der Waals surface area contributed by atoms with E-state index in [2.05, 4.69) is 10.2 Å². The van der Waals surface area contributed by atoms with Crippen molar-refractivity contribution < 1.29 is 14.3 Å². The fourth-order valence-electron chi connectivity index (χ4n) is 2.71. The second-order valence-corrected chi connectivity index (χ2v) is 6.41. The van der Waals surface area contributed by atoms with Gasteiger partial charge in [0.05, 0.1) is 14.2 Å². The zero-order valence-electron chi connectivity index (χ0n) is 16.5. The Labute approximate surface area is 168 Å². The molecule has 6 heteroatoms. The normalized spacial score (nSPS) is 10.3. The summed E-state index contributed by atoms with van der Waals surface area (Å²) in [6, 6.07) is 13.8. The molecule has 0 fully saturated rings. The first-order valence-corrected chi connectivity index (χ1v) is 8.78. The third-order valence-corrected chi connectivity index (χ3v) is 4.25. The van der Waals surface area contributed by atoms with Gasteiger partial charge in [0, 0.05) is 25.2 Å². The van der Waals surface area contributed by atoms with Crippen LogP contribution in [0.4, 0.5) is 5.69 Å². The van der Waals surface area contributed by atoms with Gasteiger partial charge in [-0.2, -0.15) is 0 Å². The van der Waals surface area contributed by atoms with Gasteiger partial charge in [0.15, 0.2) is 11.5 Å². The number of nitrogens with one attached hydrogen (secondary N) is 1. The Hall–Kier alpha value is -2.24. The molecule has 148 valence electrons. The Bertz CT molecular complexity index is 737. The van der Waals surface area contributed by atoms with Crippen molar-refractivity contribution in [3.05, 3.63) is 53.6 Å². The van der Waals surface area contributed by atoms with Crippen molar-refractivity contribution in [2.45, 2.75) is 19.8 Å². The van der Waals surface area contributed by atoms with E-state index in [0.29, 0.717) is 13.0 Å². The molecule has 0 spiro atoms. The van der Waals surface area contributed by atoms with E-state index >= 15 is 0 Å². The molecule has 2 aromatic carbocycles. The number of benzene rings is 2. The number of amides is 1. The van der Waals surface area contributed by atoms with E-state index in [1.807, 2.05) is 56.4 Å². The molecular weight excluding hydrogens is 364 g/mol. The second kappa shape index (κ2) is 11.5. The number of likely N-dealkylation sites (N-methyl/N-ethyl adjacent to an activating group) is 1. The Balaban J connectivity index is 0.00000364. The first kappa shape index (κ1) is 22.8. The maximum absolute atomic E-state index is 12.1. The second-order valence-electron chi connectivity index (χ2n) is 6.41. The molecular formula is C21H29ClN2O3. The minimum Gasteiger partial charge on any atom is -0.493 e. The van der Waals surface area contributed by atoms with Crippen LogP contribution in [-0.2, 0) is 11.2 Å². The van der Waals surface area contributed by atoms with Crippen LogP contribution in [0.15, 0.2) is 42.5 Å². The summed E-state index contributed by atoms with van der Waals surface area (Å²) in [7, 11) is 5.30. The molecule has 0 aromatic heterocycles. The number of nitrogens with zero attached hydrogens (tertiary/aromatic N) is 1. The van der Waals surface area contributed by atoms with E-state index in [-0.39, 0.29) is 18.3 Å². The van der Waals surface area contributed by atoms with Crippen molar-refractivity contribution in [1.29, 1.82) is 0 Å². The third-order valence-electron chi connectivity index (χ3n) is 4.25. The van der Waals surface area contributed by atoms with Crippen LogP contribution in [0.25, 0.3) is 0 Å². The van der Waals surface area contributed by atoms with Crippen molar-refractivity contribution in [1.82, 2.24) is 4.90 Å².